The third kappa shape index (κ3) is 5.75. The molecule has 11 heteroatoms. The van der Waals surface area contributed by atoms with Crippen LogP contribution in [0.1, 0.15) is 35.6 Å². The van der Waals surface area contributed by atoms with Crippen molar-refractivity contribution < 1.29 is 22.9 Å². The van der Waals surface area contributed by atoms with Crippen molar-refractivity contribution in [1.82, 2.24) is 26.1 Å². The number of carbonyl (C=O) groups is 2. The highest BCUT2D eigenvalue weighted by Gasteiger charge is 2.33. The largest absolute Gasteiger partial charge is 0.355 e. The number of aromatic nitrogens is 2. The number of pyridine rings is 1. The quantitative estimate of drug-likeness (QED) is 0.489. The Bertz CT molecular complexity index is 1140. The van der Waals surface area contributed by atoms with Gasteiger partial charge >= 0.3 is 0 Å². The average molecular weight is 492 g/mol. The van der Waals surface area contributed by atoms with Gasteiger partial charge in [-0.25, -0.2) is 8.78 Å². The zero-order chi connectivity index (χ0) is 23.4. The molecule has 0 bridgehead atoms. The van der Waals surface area contributed by atoms with E-state index in [0.29, 0.717) is 19.5 Å². The number of piperidine rings is 1. The molecule has 1 saturated heterocycles. The molecule has 1 aliphatic heterocycles. The summed E-state index contributed by atoms with van der Waals surface area (Å²) < 4.78 is 32.2. The topological polar surface area (TPSA) is 109 Å². The van der Waals surface area contributed by atoms with Gasteiger partial charge < -0.3 is 20.5 Å². The molecular weight excluding hydrogens is 468 g/mol. The van der Waals surface area contributed by atoms with Gasteiger partial charge in [-0.05, 0) is 44.2 Å². The van der Waals surface area contributed by atoms with E-state index in [1.807, 2.05) is 19.1 Å². The molecule has 2 aromatic heterocycles. The van der Waals surface area contributed by atoms with Crippen molar-refractivity contribution in [2.75, 3.05) is 13.1 Å². The van der Waals surface area contributed by atoms with E-state index in [-0.39, 0.29) is 41.4 Å². The Morgan fingerprint density at radius 3 is 2.76 bits per heavy atom. The number of rotatable bonds is 6. The maximum absolute atomic E-state index is 14.0. The van der Waals surface area contributed by atoms with Crippen LogP contribution in [0.25, 0.3) is 11.3 Å². The molecule has 2 amide bonds. The van der Waals surface area contributed by atoms with Crippen molar-refractivity contribution in [2.24, 2.45) is 5.92 Å². The van der Waals surface area contributed by atoms with Gasteiger partial charge in [0.2, 0.25) is 5.91 Å². The normalized spacial score (nSPS) is 18.4. The van der Waals surface area contributed by atoms with Crippen LogP contribution in [-0.4, -0.2) is 41.1 Å². The molecule has 1 fully saturated rings. The Hall–Kier alpha value is -3.37. The number of hydrogen-bond acceptors (Lipinski definition) is 6. The number of amides is 2. The molecule has 34 heavy (non-hydrogen) atoms. The molecule has 1 aliphatic rings. The minimum atomic E-state index is -0.824. The monoisotopic (exact) mass is 491 g/mol. The fourth-order valence-corrected chi connectivity index (χ4v) is 3.77. The SMILES string of the molecule is CC(NC(=O)C1CNCCC1NC(=O)c1cc(-c2ccc(F)cc2F)on1)c1ccccn1.Cl. The summed E-state index contributed by atoms with van der Waals surface area (Å²) >= 11 is 0. The summed E-state index contributed by atoms with van der Waals surface area (Å²) in [6.07, 6.45) is 2.20. The summed E-state index contributed by atoms with van der Waals surface area (Å²) in [6, 6.07) is 9.06. The zero-order valence-electron chi connectivity index (χ0n) is 18.3. The molecular formula is C23H24ClF2N5O3. The Morgan fingerprint density at radius 1 is 1.21 bits per heavy atom. The Balaban J connectivity index is 0.00000324. The van der Waals surface area contributed by atoms with Gasteiger partial charge in [0.05, 0.1) is 23.2 Å². The van der Waals surface area contributed by atoms with Crippen molar-refractivity contribution in [3.8, 4) is 11.3 Å². The van der Waals surface area contributed by atoms with Crippen LogP contribution >= 0.6 is 12.4 Å². The number of nitrogens with zero attached hydrogens (tertiary/aromatic N) is 2. The predicted molar refractivity (Wildman–Crippen MR) is 122 cm³/mol. The second-order valence-corrected chi connectivity index (χ2v) is 7.86. The van der Waals surface area contributed by atoms with E-state index >= 15 is 0 Å². The molecule has 0 radical (unpaired) electrons. The first kappa shape index (κ1) is 25.3. The Morgan fingerprint density at radius 2 is 2.03 bits per heavy atom. The molecule has 8 nitrogen and oxygen atoms in total. The molecule has 3 aromatic rings. The highest BCUT2D eigenvalue weighted by molar-refractivity contribution is 5.94. The maximum atomic E-state index is 14.0. The molecule has 3 heterocycles. The number of nitrogens with one attached hydrogen (secondary N) is 3. The summed E-state index contributed by atoms with van der Waals surface area (Å²) in [4.78, 5) is 29.9. The summed E-state index contributed by atoms with van der Waals surface area (Å²) in [7, 11) is 0. The van der Waals surface area contributed by atoms with Crippen molar-refractivity contribution in [2.45, 2.75) is 25.4 Å². The summed E-state index contributed by atoms with van der Waals surface area (Å²) in [6.45, 7) is 2.88. The zero-order valence-corrected chi connectivity index (χ0v) is 19.1. The Labute approximate surface area is 200 Å². The molecule has 3 atom stereocenters. The molecule has 0 spiro atoms. The second kappa shape index (κ2) is 11.2. The van der Waals surface area contributed by atoms with E-state index in [4.69, 9.17) is 4.52 Å². The molecule has 4 rings (SSSR count). The fourth-order valence-electron chi connectivity index (χ4n) is 3.77. The van der Waals surface area contributed by atoms with E-state index in [1.165, 1.54) is 12.1 Å². The van der Waals surface area contributed by atoms with Gasteiger partial charge in [-0.2, -0.15) is 0 Å². The van der Waals surface area contributed by atoms with Crippen LogP contribution in [0, 0.1) is 17.6 Å². The van der Waals surface area contributed by atoms with Gasteiger partial charge in [-0.3, -0.25) is 14.6 Å². The number of carbonyl (C=O) groups excluding carboxylic acids is 2. The van der Waals surface area contributed by atoms with E-state index in [2.05, 4.69) is 26.1 Å². The minimum absolute atomic E-state index is 0. The maximum Gasteiger partial charge on any atom is 0.273 e. The first-order chi connectivity index (χ1) is 15.9. The average Bonchev–Trinajstić information content (AvgIpc) is 3.30. The summed E-state index contributed by atoms with van der Waals surface area (Å²) in [5.74, 6) is -2.80. The Kier molecular flexibility index (Phi) is 8.30. The van der Waals surface area contributed by atoms with Crippen LogP contribution < -0.4 is 16.0 Å². The standard InChI is InChI=1S/C23H23F2N5O3.ClH/c1-13(18-4-2-3-8-27-18)28-22(31)16-12-26-9-7-19(16)29-23(32)20-11-21(33-30-20)15-6-5-14(24)10-17(15)25;/h2-6,8,10-11,13,16,19,26H,7,9,12H2,1H3,(H,28,31)(H,29,32);1H. The molecule has 3 unspecified atom stereocenters. The minimum Gasteiger partial charge on any atom is -0.355 e. The van der Waals surface area contributed by atoms with E-state index in [0.717, 1.165) is 17.8 Å². The van der Waals surface area contributed by atoms with Crippen molar-refractivity contribution in [3.63, 3.8) is 0 Å². The van der Waals surface area contributed by atoms with Crippen LogP contribution in [0.15, 0.2) is 53.2 Å². The van der Waals surface area contributed by atoms with Crippen LogP contribution in [-0.2, 0) is 4.79 Å². The second-order valence-electron chi connectivity index (χ2n) is 7.86. The lowest BCUT2D eigenvalue weighted by atomic mass is 9.92. The van der Waals surface area contributed by atoms with Gasteiger partial charge in [0.25, 0.3) is 5.91 Å². The van der Waals surface area contributed by atoms with Crippen molar-refractivity contribution in [3.05, 3.63) is 71.7 Å². The predicted octanol–water partition coefficient (Wildman–Crippen LogP) is 3.02. The summed E-state index contributed by atoms with van der Waals surface area (Å²) in [5.41, 5.74) is 0.664. The van der Waals surface area contributed by atoms with Gasteiger partial charge in [-0.15, -0.1) is 12.4 Å². The van der Waals surface area contributed by atoms with Crippen LogP contribution in [0.4, 0.5) is 8.78 Å². The molecule has 3 N–H and O–H groups in total. The van der Waals surface area contributed by atoms with Crippen molar-refractivity contribution in [1.29, 1.82) is 0 Å². The van der Waals surface area contributed by atoms with Crippen LogP contribution in [0.2, 0.25) is 0 Å². The molecule has 0 aliphatic carbocycles. The van der Waals surface area contributed by atoms with Gasteiger partial charge in [0.1, 0.15) is 11.6 Å². The lowest BCUT2D eigenvalue weighted by molar-refractivity contribution is -0.126. The lowest BCUT2D eigenvalue weighted by Crippen LogP contribution is -2.55. The molecule has 180 valence electrons. The highest BCUT2D eigenvalue weighted by atomic mass is 35.5. The fraction of sp³-hybridized carbons (Fsp3) is 0.304. The third-order valence-electron chi connectivity index (χ3n) is 5.56. The number of benzene rings is 1. The highest BCUT2D eigenvalue weighted by Crippen LogP contribution is 2.24. The van der Waals surface area contributed by atoms with E-state index < -0.39 is 29.5 Å². The smallest absolute Gasteiger partial charge is 0.273 e. The number of hydrogen-bond donors (Lipinski definition) is 3. The third-order valence-corrected chi connectivity index (χ3v) is 5.56. The van der Waals surface area contributed by atoms with E-state index in [9.17, 15) is 18.4 Å². The van der Waals surface area contributed by atoms with E-state index in [1.54, 1.807) is 12.3 Å². The first-order valence-corrected chi connectivity index (χ1v) is 10.6. The number of halogens is 3. The summed E-state index contributed by atoms with van der Waals surface area (Å²) in [5, 5.41) is 12.7. The van der Waals surface area contributed by atoms with Crippen LogP contribution in [0.5, 0.6) is 0 Å². The van der Waals surface area contributed by atoms with Crippen molar-refractivity contribution >= 4 is 24.2 Å². The van der Waals surface area contributed by atoms with Gasteiger partial charge in [0.15, 0.2) is 11.5 Å². The lowest BCUT2D eigenvalue weighted by Gasteiger charge is -2.32. The van der Waals surface area contributed by atoms with Gasteiger partial charge in [0, 0.05) is 30.9 Å². The molecule has 1 aromatic carbocycles. The van der Waals surface area contributed by atoms with Gasteiger partial charge in [-0.1, -0.05) is 11.2 Å². The first-order valence-electron chi connectivity index (χ1n) is 10.6. The molecule has 0 saturated carbocycles. The van der Waals surface area contributed by atoms with Crippen LogP contribution in [0.3, 0.4) is 0 Å².